The van der Waals surface area contributed by atoms with E-state index in [0.29, 0.717) is 23.6 Å². The standard InChI is InChI=1S/C18H18N2O3S/c1-22-13-6-8-14(9-7-13)23-10-11-24-12-17-19-16-5-3-2-4-15(16)18(21)20-17/h2-9H,10-12H2,1H3,(H,19,20,21). The van der Waals surface area contributed by atoms with Crippen LogP contribution in [0.3, 0.4) is 0 Å². The molecule has 1 aromatic heterocycles. The van der Waals surface area contributed by atoms with E-state index in [-0.39, 0.29) is 5.56 Å². The number of H-pyrrole nitrogens is 1. The first kappa shape index (κ1) is 16.4. The summed E-state index contributed by atoms with van der Waals surface area (Å²) in [4.78, 5) is 19.3. The van der Waals surface area contributed by atoms with Crippen molar-refractivity contribution in [2.75, 3.05) is 19.5 Å². The third-order valence-electron chi connectivity index (χ3n) is 3.46. The van der Waals surface area contributed by atoms with Gasteiger partial charge in [0.05, 0.1) is 30.4 Å². The van der Waals surface area contributed by atoms with Gasteiger partial charge in [-0.2, -0.15) is 11.8 Å². The number of nitrogens with zero attached hydrogens (tertiary/aromatic N) is 1. The van der Waals surface area contributed by atoms with Gasteiger partial charge in [0.1, 0.15) is 17.3 Å². The quantitative estimate of drug-likeness (QED) is 0.668. The first-order valence-corrected chi connectivity index (χ1v) is 8.74. The summed E-state index contributed by atoms with van der Waals surface area (Å²) < 4.78 is 10.8. The second-order valence-electron chi connectivity index (χ2n) is 5.11. The van der Waals surface area contributed by atoms with E-state index in [0.717, 1.165) is 22.8 Å². The molecule has 0 aliphatic heterocycles. The fraction of sp³-hybridized carbons (Fsp3) is 0.222. The maximum absolute atomic E-state index is 12.0. The number of aromatic nitrogens is 2. The summed E-state index contributed by atoms with van der Waals surface area (Å²) in [7, 11) is 1.64. The number of fused-ring (bicyclic) bond motifs is 1. The second-order valence-corrected chi connectivity index (χ2v) is 6.21. The maximum Gasteiger partial charge on any atom is 0.258 e. The van der Waals surface area contributed by atoms with Crippen molar-refractivity contribution in [2.24, 2.45) is 0 Å². The van der Waals surface area contributed by atoms with Gasteiger partial charge in [-0.05, 0) is 36.4 Å². The van der Waals surface area contributed by atoms with Gasteiger partial charge in [0.2, 0.25) is 0 Å². The van der Waals surface area contributed by atoms with Crippen LogP contribution in [0.5, 0.6) is 11.5 Å². The van der Waals surface area contributed by atoms with Crippen LogP contribution in [-0.4, -0.2) is 29.4 Å². The van der Waals surface area contributed by atoms with E-state index in [1.165, 1.54) is 0 Å². The lowest BCUT2D eigenvalue weighted by atomic mass is 10.2. The number of thioether (sulfide) groups is 1. The Morgan fingerprint density at radius 1 is 1.08 bits per heavy atom. The summed E-state index contributed by atoms with van der Waals surface area (Å²) in [6.45, 7) is 0.592. The number of ether oxygens (including phenoxy) is 2. The Hall–Kier alpha value is -2.47. The van der Waals surface area contributed by atoms with Crippen LogP contribution in [0, 0.1) is 0 Å². The Balaban J connectivity index is 1.48. The van der Waals surface area contributed by atoms with Crippen molar-refractivity contribution in [3.05, 3.63) is 64.7 Å². The van der Waals surface area contributed by atoms with Crippen molar-refractivity contribution in [3.63, 3.8) is 0 Å². The lowest BCUT2D eigenvalue weighted by molar-refractivity contribution is 0.342. The average Bonchev–Trinajstić information content (AvgIpc) is 2.62. The molecule has 0 bridgehead atoms. The fourth-order valence-electron chi connectivity index (χ4n) is 2.26. The van der Waals surface area contributed by atoms with E-state index < -0.39 is 0 Å². The number of rotatable bonds is 7. The zero-order chi connectivity index (χ0) is 16.8. The Morgan fingerprint density at radius 3 is 2.62 bits per heavy atom. The molecule has 3 rings (SSSR count). The molecular weight excluding hydrogens is 324 g/mol. The zero-order valence-corrected chi connectivity index (χ0v) is 14.1. The lowest BCUT2D eigenvalue weighted by Crippen LogP contribution is -2.11. The van der Waals surface area contributed by atoms with Gasteiger partial charge < -0.3 is 14.5 Å². The largest absolute Gasteiger partial charge is 0.497 e. The summed E-state index contributed by atoms with van der Waals surface area (Å²) in [5, 5.41) is 0.620. The molecule has 1 N–H and O–H groups in total. The number of hydrogen-bond donors (Lipinski definition) is 1. The number of nitrogens with one attached hydrogen (secondary N) is 1. The predicted octanol–water partition coefficient (Wildman–Crippen LogP) is 3.24. The molecule has 0 amide bonds. The van der Waals surface area contributed by atoms with Gasteiger partial charge in [-0.1, -0.05) is 12.1 Å². The van der Waals surface area contributed by atoms with Gasteiger partial charge in [0, 0.05) is 5.75 Å². The van der Waals surface area contributed by atoms with Gasteiger partial charge in [-0.3, -0.25) is 4.79 Å². The zero-order valence-electron chi connectivity index (χ0n) is 13.3. The monoisotopic (exact) mass is 342 g/mol. The van der Waals surface area contributed by atoms with Crippen molar-refractivity contribution in [3.8, 4) is 11.5 Å². The molecule has 124 valence electrons. The SMILES string of the molecule is COc1ccc(OCCSCc2nc3ccccc3c(=O)[nH]2)cc1. The number of methoxy groups -OCH3 is 1. The highest BCUT2D eigenvalue weighted by Crippen LogP contribution is 2.17. The lowest BCUT2D eigenvalue weighted by Gasteiger charge is -2.07. The highest BCUT2D eigenvalue weighted by Gasteiger charge is 2.03. The van der Waals surface area contributed by atoms with E-state index in [9.17, 15) is 4.79 Å². The average molecular weight is 342 g/mol. The van der Waals surface area contributed by atoms with Crippen LogP contribution >= 0.6 is 11.8 Å². The van der Waals surface area contributed by atoms with Gasteiger partial charge in [0.25, 0.3) is 5.56 Å². The van der Waals surface area contributed by atoms with Gasteiger partial charge in [-0.15, -0.1) is 0 Å². The smallest absolute Gasteiger partial charge is 0.258 e. The molecule has 0 aliphatic carbocycles. The Labute approximate surface area is 144 Å². The van der Waals surface area contributed by atoms with Crippen LogP contribution in [0.1, 0.15) is 5.82 Å². The molecule has 3 aromatic rings. The Morgan fingerprint density at radius 2 is 1.83 bits per heavy atom. The second kappa shape index (κ2) is 7.88. The molecule has 2 aromatic carbocycles. The molecular formula is C18H18N2O3S. The van der Waals surface area contributed by atoms with Crippen molar-refractivity contribution in [1.82, 2.24) is 9.97 Å². The summed E-state index contributed by atoms with van der Waals surface area (Å²) >= 11 is 1.67. The number of aromatic amines is 1. The molecule has 5 nitrogen and oxygen atoms in total. The topological polar surface area (TPSA) is 64.2 Å². The summed E-state index contributed by atoms with van der Waals surface area (Å²) in [5.41, 5.74) is 0.636. The van der Waals surface area contributed by atoms with E-state index in [1.807, 2.05) is 42.5 Å². The number of hydrogen-bond acceptors (Lipinski definition) is 5. The minimum atomic E-state index is -0.0920. The van der Waals surface area contributed by atoms with E-state index in [1.54, 1.807) is 24.9 Å². The van der Waals surface area contributed by atoms with Crippen LogP contribution in [0.15, 0.2) is 53.3 Å². The first-order valence-electron chi connectivity index (χ1n) is 7.59. The molecule has 6 heteroatoms. The summed E-state index contributed by atoms with van der Waals surface area (Å²) in [5.74, 6) is 3.76. The third kappa shape index (κ3) is 4.08. The van der Waals surface area contributed by atoms with Crippen molar-refractivity contribution < 1.29 is 9.47 Å². The van der Waals surface area contributed by atoms with Crippen molar-refractivity contribution in [2.45, 2.75) is 5.75 Å². The minimum Gasteiger partial charge on any atom is -0.497 e. The van der Waals surface area contributed by atoms with Gasteiger partial charge >= 0.3 is 0 Å². The third-order valence-corrected chi connectivity index (χ3v) is 4.39. The van der Waals surface area contributed by atoms with Gasteiger partial charge in [-0.25, -0.2) is 4.98 Å². The molecule has 0 unspecified atom stereocenters. The molecule has 24 heavy (non-hydrogen) atoms. The molecule has 0 spiro atoms. The molecule has 1 heterocycles. The molecule has 0 aliphatic rings. The molecule has 0 saturated carbocycles. The summed E-state index contributed by atoms with van der Waals surface area (Å²) in [6, 6.07) is 14.8. The van der Waals surface area contributed by atoms with Crippen LogP contribution in [-0.2, 0) is 5.75 Å². The number of para-hydroxylation sites is 1. The normalized spacial score (nSPS) is 10.7. The molecule has 0 saturated heterocycles. The minimum absolute atomic E-state index is 0.0920. The predicted molar refractivity (Wildman–Crippen MR) is 97.0 cm³/mol. The highest BCUT2D eigenvalue weighted by molar-refractivity contribution is 7.98. The highest BCUT2D eigenvalue weighted by atomic mass is 32.2. The fourth-order valence-corrected chi connectivity index (χ4v) is 2.94. The Kier molecular flexibility index (Phi) is 5.38. The Bertz CT molecular complexity index is 862. The van der Waals surface area contributed by atoms with E-state index >= 15 is 0 Å². The van der Waals surface area contributed by atoms with Crippen LogP contribution < -0.4 is 15.0 Å². The summed E-state index contributed by atoms with van der Waals surface area (Å²) in [6.07, 6.45) is 0. The van der Waals surface area contributed by atoms with Gasteiger partial charge in [0.15, 0.2) is 0 Å². The van der Waals surface area contributed by atoms with Crippen molar-refractivity contribution in [1.29, 1.82) is 0 Å². The van der Waals surface area contributed by atoms with E-state index in [4.69, 9.17) is 9.47 Å². The maximum atomic E-state index is 12.0. The molecule has 0 radical (unpaired) electrons. The number of benzene rings is 2. The van der Waals surface area contributed by atoms with Crippen LogP contribution in [0.25, 0.3) is 10.9 Å². The van der Waals surface area contributed by atoms with Crippen LogP contribution in [0.2, 0.25) is 0 Å². The molecule has 0 atom stereocenters. The van der Waals surface area contributed by atoms with Crippen molar-refractivity contribution >= 4 is 22.7 Å². The molecule has 0 fully saturated rings. The first-order chi connectivity index (χ1) is 11.8. The van der Waals surface area contributed by atoms with E-state index in [2.05, 4.69) is 9.97 Å². The van der Waals surface area contributed by atoms with Crippen LogP contribution in [0.4, 0.5) is 0 Å².